The first kappa shape index (κ1) is 25.5. The van der Waals surface area contributed by atoms with Crippen LogP contribution < -0.4 is 4.74 Å². The molecule has 186 valence electrons. The Balaban J connectivity index is 1.73. The summed E-state index contributed by atoms with van der Waals surface area (Å²) < 4.78 is 18.4. The second-order valence-corrected chi connectivity index (χ2v) is 8.25. The fraction of sp³-hybridized carbons (Fsp3) is 0.364. The van der Waals surface area contributed by atoms with Gasteiger partial charge in [-0.15, -0.1) is 0 Å². The minimum atomic E-state index is -1.58. The van der Waals surface area contributed by atoms with Crippen LogP contribution in [0.1, 0.15) is 29.8 Å². The number of carbonyl (C=O) groups excluding carboxylic acids is 1. The standard InChI is InChI=1S/C22H23FN4O8/c1-13-10-25(14(2)9-24(13)11-15-3-5-17(23)6-4-15)20(28)12-35-21-18(26(31)32)7-16(22(29)30)8-19(21)27(33)34/h3-8,13-14H,9-12H2,1-2H3,(H,29,30)/t13-,14+/m1/s1. The van der Waals surface area contributed by atoms with E-state index >= 15 is 0 Å². The smallest absolute Gasteiger partial charge is 0.336 e. The van der Waals surface area contributed by atoms with Crippen molar-refractivity contribution in [2.24, 2.45) is 0 Å². The molecule has 1 aliphatic rings. The van der Waals surface area contributed by atoms with Crippen molar-refractivity contribution in [2.75, 3.05) is 19.7 Å². The average Bonchev–Trinajstić information content (AvgIpc) is 2.80. The summed E-state index contributed by atoms with van der Waals surface area (Å²) in [5.74, 6) is -3.23. The summed E-state index contributed by atoms with van der Waals surface area (Å²) in [6, 6.07) is 7.09. The molecule has 0 aromatic heterocycles. The monoisotopic (exact) mass is 490 g/mol. The van der Waals surface area contributed by atoms with Crippen LogP contribution in [0.15, 0.2) is 36.4 Å². The Morgan fingerprint density at radius 3 is 2.14 bits per heavy atom. The van der Waals surface area contributed by atoms with Crippen LogP contribution in [0.5, 0.6) is 5.75 Å². The largest absolute Gasteiger partial charge is 0.478 e. The van der Waals surface area contributed by atoms with Crippen LogP contribution in [0.4, 0.5) is 15.8 Å². The molecule has 1 heterocycles. The summed E-state index contributed by atoms with van der Waals surface area (Å²) in [5.41, 5.74) is -1.58. The van der Waals surface area contributed by atoms with Crippen LogP contribution in [-0.2, 0) is 11.3 Å². The molecule has 3 rings (SSSR count). The summed E-state index contributed by atoms with van der Waals surface area (Å²) in [6.07, 6.45) is 0. The summed E-state index contributed by atoms with van der Waals surface area (Å²) >= 11 is 0. The van der Waals surface area contributed by atoms with Gasteiger partial charge < -0.3 is 14.7 Å². The van der Waals surface area contributed by atoms with Crippen LogP contribution in [-0.4, -0.2) is 68.4 Å². The number of carboxylic acid groups (broad SMARTS) is 1. The van der Waals surface area contributed by atoms with Crippen molar-refractivity contribution >= 4 is 23.3 Å². The highest BCUT2D eigenvalue weighted by Gasteiger charge is 2.34. The number of ether oxygens (including phenoxy) is 1. The number of amides is 1. The van der Waals surface area contributed by atoms with E-state index in [1.165, 1.54) is 17.0 Å². The molecule has 2 atom stereocenters. The first-order valence-electron chi connectivity index (χ1n) is 10.6. The number of carboxylic acids is 1. The van der Waals surface area contributed by atoms with Crippen LogP contribution >= 0.6 is 0 Å². The van der Waals surface area contributed by atoms with Gasteiger partial charge in [0.1, 0.15) is 5.82 Å². The lowest BCUT2D eigenvalue weighted by Crippen LogP contribution is -2.58. The molecule has 2 aromatic rings. The first-order valence-corrected chi connectivity index (χ1v) is 10.6. The molecular formula is C22H23FN4O8. The summed E-state index contributed by atoms with van der Waals surface area (Å²) in [7, 11) is 0. The Morgan fingerprint density at radius 2 is 1.63 bits per heavy atom. The lowest BCUT2D eigenvalue weighted by molar-refractivity contribution is -0.396. The van der Waals surface area contributed by atoms with Gasteiger partial charge in [-0.3, -0.25) is 29.9 Å². The lowest BCUT2D eigenvalue weighted by Gasteiger charge is -2.44. The average molecular weight is 490 g/mol. The number of nitro benzene ring substituents is 2. The van der Waals surface area contributed by atoms with Gasteiger partial charge in [0.05, 0.1) is 15.4 Å². The Morgan fingerprint density at radius 1 is 1.06 bits per heavy atom. The Kier molecular flexibility index (Phi) is 7.59. The van der Waals surface area contributed by atoms with E-state index in [2.05, 4.69) is 4.90 Å². The second kappa shape index (κ2) is 10.4. The van der Waals surface area contributed by atoms with E-state index in [0.29, 0.717) is 31.8 Å². The van der Waals surface area contributed by atoms with Gasteiger partial charge >= 0.3 is 17.3 Å². The van der Waals surface area contributed by atoms with E-state index in [9.17, 15) is 34.2 Å². The number of benzene rings is 2. The number of piperazine rings is 1. The number of halogens is 1. The number of nitrogens with zero attached hydrogens (tertiary/aromatic N) is 4. The topological polar surface area (TPSA) is 156 Å². The van der Waals surface area contributed by atoms with Crippen molar-refractivity contribution in [1.82, 2.24) is 9.80 Å². The van der Waals surface area contributed by atoms with Crippen LogP contribution in [0.3, 0.4) is 0 Å². The second-order valence-electron chi connectivity index (χ2n) is 8.25. The predicted octanol–water partition coefficient (Wildman–Crippen LogP) is 2.84. The van der Waals surface area contributed by atoms with E-state index in [0.717, 1.165) is 5.56 Å². The zero-order valence-corrected chi connectivity index (χ0v) is 18.9. The van der Waals surface area contributed by atoms with Crippen LogP contribution in [0.25, 0.3) is 0 Å². The van der Waals surface area contributed by atoms with Crippen LogP contribution in [0.2, 0.25) is 0 Å². The van der Waals surface area contributed by atoms with E-state index in [4.69, 9.17) is 9.84 Å². The molecule has 0 aliphatic carbocycles. The Hall–Kier alpha value is -4.13. The molecule has 13 heteroatoms. The Bertz CT molecular complexity index is 1120. The van der Waals surface area contributed by atoms with E-state index in [-0.39, 0.29) is 17.9 Å². The van der Waals surface area contributed by atoms with Gasteiger partial charge in [0.15, 0.2) is 6.61 Å². The molecule has 2 aromatic carbocycles. The van der Waals surface area contributed by atoms with Crippen molar-refractivity contribution in [2.45, 2.75) is 32.5 Å². The first-order chi connectivity index (χ1) is 16.5. The molecule has 35 heavy (non-hydrogen) atoms. The molecule has 1 fully saturated rings. The number of nitro groups is 2. The maximum Gasteiger partial charge on any atom is 0.336 e. The third-order valence-electron chi connectivity index (χ3n) is 5.76. The number of rotatable bonds is 8. The minimum absolute atomic E-state index is 0.0706. The molecule has 1 aliphatic heterocycles. The maximum atomic E-state index is 13.2. The summed E-state index contributed by atoms with van der Waals surface area (Å²) in [4.78, 5) is 48.5. The van der Waals surface area contributed by atoms with Gasteiger partial charge in [0, 0.05) is 43.9 Å². The van der Waals surface area contributed by atoms with Gasteiger partial charge in [-0.25, -0.2) is 9.18 Å². The maximum absolute atomic E-state index is 13.2. The molecule has 0 unspecified atom stereocenters. The highest BCUT2D eigenvalue weighted by atomic mass is 19.1. The van der Waals surface area contributed by atoms with Crippen molar-refractivity contribution < 1.29 is 33.7 Å². The highest BCUT2D eigenvalue weighted by molar-refractivity contribution is 5.90. The zero-order valence-electron chi connectivity index (χ0n) is 18.9. The molecule has 12 nitrogen and oxygen atoms in total. The molecule has 1 N–H and O–H groups in total. The fourth-order valence-electron chi connectivity index (χ4n) is 3.95. The molecule has 1 amide bonds. The van der Waals surface area contributed by atoms with Gasteiger partial charge in [0.2, 0.25) is 0 Å². The lowest BCUT2D eigenvalue weighted by atomic mass is 10.1. The summed E-state index contributed by atoms with van der Waals surface area (Å²) in [6.45, 7) is 4.39. The molecule has 1 saturated heterocycles. The van der Waals surface area contributed by atoms with Gasteiger partial charge in [-0.05, 0) is 31.5 Å². The quantitative estimate of drug-likeness (QED) is 0.434. The van der Waals surface area contributed by atoms with E-state index in [1.807, 2.05) is 13.8 Å². The van der Waals surface area contributed by atoms with Crippen molar-refractivity contribution in [1.29, 1.82) is 0 Å². The number of hydrogen-bond donors (Lipinski definition) is 1. The number of hydrogen-bond acceptors (Lipinski definition) is 8. The summed E-state index contributed by atoms with van der Waals surface area (Å²) in [5, 5.41) is 31.9. The number of carbonyl (C=O) groups is 2. The minimum Gasteiger partial charge on any atom is -0.478 e. The predicted molar refractivity (Wildman–Crippen MR) is 120 cm³/mol. The van der Waals surface area contributed by atoms with Crippen LogP contribution in [0, 0.1) is 26.0 Å². The number of aromatic carboxylic acids is 1. The highest BCUT2D eigenvalue weighted by Crippen LogP contribution is 2.38. The van der Waals surface area contributed by atoms with E-state index < -0.39 is 51.0 Å². The van der Waals surface area contributed by atoms with Gasteiger partial charge in [-0.1, -0.05) is 12.1 Å². The molecule has 0 bridgehead atoms. The van der Waals surface area contributed by atoms with Gasteiger partial charge in [0.25, 0.3) is 11.7 Å². The third-order valence-corrected chi connectivity index (χ3v) is 5.76. The van der Waals surface area contributed by atoms with Gasteiger partial charge in [-0.2, -0.15) is 0 Å². The van der Waals surface area contributed by atoms with E-state index in [1.54, 1.807) is 12.1 Å². The molecule has 0 spiro atoms. The van der Waals surface area contributed by atoms with Crippen molar-refractivity contribution in [3.05, 3.63) is 73.6 Å². The molecule has 0 radical (unpaired) electrons. The third kappa shape index (κ3) is 5.87. The molecule has 0 saturated carbocycles. The fourth-order valence-corrected chi connectivity index (χ4v) is 3.95. The normalized spacial score (nSPS) is 18.2. The molecular weight excluding hydrogens is 467 g/mol. The zero-order chi connectivity index (χ0) is 25.9. The van der Waals surface area contributed by atoms with Crippen molar-refractivity contribution in [3.8, 4) is 5.75 Å². The Labute approximate surface area is 198 Å². The SMILES string of the molecule is C[C@@H]1CN(C(=O)COc2c([N+](=O)[O-])cc(C(=O)O)cc2[N+](=O)[O-])[C@@H](C)CN1Cc1ccc(F)cc1. The van der Waals surface area contributed by atoms with Crippen molar-refractivity contribution in [3.63, 3.8) is 0 Å².